The molecule has 0 radical (unpaired) electrons. The van der Waals surface area contributed by atoms with Crippen molar-refractivity contribution in [1.29, 1.82) is 0 Å². The third-order valence-corrected chi connectivity index (χ3v) is 1.57. The smallest absolute Gasteiger partial charge is 0.418 e. The van der Waals surface area contributed by atoms with E-state index in [0.29, 0.717) is 0 Å². The number of hydrogen-bond acceptors (Lipinski definition) is 3. The van der Waals surface area contributed by atoms with E-state index >= 15 is 0 Å². The number of terminal acetylenes is 1. The van der Waals surface area contributed by atoms with Crippen LogP contribution in [0.5, 0.6) is 5.75 Å². The minimum Gasteiger partial charge on any atom is -0.505 e. The Kier molecular flexibility index (Phi) is 2.76. The van der Waals surface area contributed by atoms with Crippen molar-refractivity contribution in [2.75, 3.05) is 0 Å². The number of hydrogen-bond donors (Lipinski definition) is 1. The van der Waals surface area contributed by atoms with Crippen LogP contribution in [0.3, 0.4) is 0 Å². The highest BCUT2D eigenvalue weighted by Gasteiger charge is 2.18. The Morgan fingerprint density at radius 2 is 2.13 bits per heavy atom. The van der Waals surface area contributed by atoms with Gasteiger partial charge in [0.1, 0.15) is 11.4 Å². The normalized spacial score (nSPS) is 10.8. The summed E-state index contributed by atoms with van der Waals surface area (Å²) in [4.78, 5) is 11.5. The van der Waals surface area contributed by atoms with E-state index in [1.165, 1.54) is 12.4 Å². The van der Waals surface area contributed by atoms with Gasteiger partial charge in [-0.1, -0.05) is 5.92 Å². The summed E-state index contributed by atoms with van der Waals surface area (Å²) in [7, 11) is 0. The van der Waals surface area contributed by atoms with Gasteiger partial charge in [0.25, 0.3) is 0 Å². The van der Waals surface area contributed by atoms with E-state index in [1.807, 2.05) is 0 Å². The third kappa shape index (κ3) is 2.78. The summed E-state index contributed by atoms with van der Waals surface area (Å²) < 4.78 is 6.20. The highest BCUT2D eigenvalue weighted by molar-refractivity contribution is 5.72. The molecule has 0 atom stereocenters. The fraction of sp³-hybridized carbons (Fsp3) is 0.364. The number of ether oxygens (including phenoxy) is 1. The van der Waals surface area contributed by atoms with Crippen LogP contribution in [0.4, 0.5) is 4.79 Å². The van der Waals surface area contributed by atoms with Crippen LogP contribution >= 0.6 is 0 Å². The number of aromatic hydroxyl groups is 1. The largest absolute Gasteiger partial charge is 0.505 e. The van der Waals surface area contributed by atoms with Gasteiger partial charge in [0.05, 0.1) is 11.8 Å². The number of carbonyl (C=O) groups is 1. The lowest BCUT2D eigenvalue weighted by atomic mass is 10.2. The van der Waals surface area contributed by atoms with Gasteiger partial charge in [-0.2, -0.15) is 0 Å². The van der Waals surface area contributed by atoms with Crippen LogP contribution in [0, 0.1) is 12.3 Å². The first-order valence-electron chi connectivity index (χ1n) is 4.44. The summed E-state index contributed by atoms with van der Waals surface area (Å²) in [6, 6.07) is 0. The lowest BCUT2D eigenvalue weighted by molar-refractivity contribution is 0.0536. The Labute approximate surface area is 88.5 Å². The molecule has 0 aliphatic heterocycles. The van der Waals surface area contributed by atoms with E-state index < -0.39 is 11.7 Å². The van der Waals surface area contributed by atoms with E-state index in [9.17, 15) is 9.90 Å². The molecule has 1 aromatic rings. The van der Waals surface area contributed by atoms with Crippen molar-refractivity contribution in [2.24, 2.45) is 0 Å². The van der Waals surface area contributed by atoms with Crippen molar-refractivity contribution >= 4 is 6.09 Å². The van der Waals surface area contributed by atoms with Crippen LogP contribution in [0.15, 0.2) is 12.4 Å². The Bertz CT molecular complexity index is 418. The van der Waals surface area contributed by atoms with Crippen molar-refractivity contribution in [3.63, 3.8) is 0 Å². The number of aromatic nitrogens is 1. The maximum atomic E-state index is 11.5. The minimum atomic E-state index is -0.576. The monoisotopic (exact) mass is 207 g/mol. The molecule has 4 heteroatoms. The molecule has 0 bridgehead atoms. The van der Waals surface area contributed by atoms with Gasteiger partial charge in [-0.3, -0.25) is 4.57 Å². The second-order valence-electron chi connectivity index (χ2n) is 4.09. The topological polar surface area (TPSA) is 51.5 Å². The van der Waals surface area contributed by atoms with E-state index in [-0.39, 0.29) is 11.3 Å². The van der Waals surface area contributed by atoms with Gasteiger partial charge in [0.15, 0.2) is 0 Å². The Morgan fingerprint density at radius 3 is 2.53 bits per heavy atom. The fourth-order valence-corrected chi connectivity index (χ4v) is 0.975. The van der Waals surface area contributed by atoms with E-state index in [4.69, 9.17) is 11.2 Å². The second kappa shape index (κ2) is 3.70. The summed E-state index contributed by atoms with van der Waals surface area (Å²) in [6.45, 7) is 5.28. The van der Waals surface area contributed by atoms with Gasteiger partial charge in [0.2, 0.25) is 0 Å². The summed E-state index contributed by atoms with van der Waals surface area (Å²) in [5.74, 6) is 2.15. The molecule has 0 saturated heterocycles. The zero-order chi connectivity index (χ0) is 11.6. The maximum Gasteiger partial charge on any atom is 0.418 e. The molecule has 1 N–H and O–H groups in total. The Hall–Kier alpha value is -1.89. The van der Waals surface area contributed by atoms with Gasteiger partial charge in [-0.05, 0) is 20.8 Å². The number of rotatable bonds is 0. The molecule has 0 aliphatic rings. The predicted molar refractivity (Wildman–Crippen MR) is 55.7 cm³/mol. The minimum absolute atomic E-state index is 0.108. The molecule has 1 rings (SSSR count). The number of carbonyl (C=O) groups excluding carboxylic acids is 1. The quantitative estimate of drug-likeness (QED) is 0.661. The molecule has 0 amide bonds. The van der Waals surface area contributed by atoms with Gasteiger partial charge in [0, 0.05) is 6.20 Å². The van der Waals surface area contributed by atoms with Crippen LogP contribution in [0.2, 0.25) is 0 Å². The standard InChI is InChI=1S/C11H13NO3/c1-5-8-6-12(7-9(8)13)10(14)15-11(2,3)4/h1,6-7,13H,2-4H3. The van der Waals surface area contributed by atoms with Crippen LogP contribution < -0.4 is 0 Å². The zero-order valence-electron chi connectivity index (χ0n) is 8.94. The SMILES string of the molecule is C#Cc1cn(C(=O)OC(C)(C)C)cc1O. The first kappa shape index (κ1) is 11.2. The Balaban J connectivity index is 2.89. The van der Waals surface area contributed by atoms with Crippen LogP contribution in [0.25, 0.3) is 0 Å². The molecule has 15 heavy (non-hydrogen) atoms. The summed E-state index contributed by atoms with van der Waals surface area (Å²) in [5.41, 5.74) is -0.311. The second-order valence-corrected chi connectivity index (χ2v) is 4.09. The lowest BCUT2D eigenvalue weighted by Gasteiger charge is -2.19. The average molecular weight is 207 g/mol. The highest BCUT2D eigenvalue weighted by Crippen LogP contribution is 2.18. The zero-order valence-corrected chi connectivity index (χ0v) is 8.94. The van der Waals surface area contributed by atoms with Gasteiger partial charge < -0.3 is 9.84 Å². The van der Waals surface area contributed by atoms with Crippen molar-refractivity contribution < 1.29 is 14.6 Å². The van der Waals surface area contributed by atoms with E-state index in [0.717, 1.165) is 4.57 Å². The molecule has 0 spiro atoms. The fourth-order valence-electron chi connectivity index (χ4n) is 0.975. The van der Waals surface area contributed by atoms with Crippen molar-refractivity contribution in [3.8, 4) is 18.1 Å². The molecule has 0 aliphatic carbocycles. The molecule has 0 saturated carbocycles. The van der Waals surface area contributed by atoms with Crippen LogP contribution in [-0.4, -0.2) is 21.4 Å². The van der Waals surface area contributed by atoms with Crippen molar-refractivity contribution in [2.45, 2.75) is 26.4 Å². The van der Waals surface area contributed by atoms with Gasteiger partial charge in [-0.15, -0.1) is 6.42 Å². The first-order chi connectivity index (χ1) is 6.83. The molecule has 0 aromatic carbocycles. The molecule has 80 valence electrons. The lowest BCUT2D eigenvalue weighted by Crippen LogP contribution is -2.26. The summed E-state index contributed by atoms with van der Waals surface area (Å²) in [6.07, 6.45) is 7.12. The molecule has 0 fully saturated rings. The predicted octanol–water partition coefficient (Wildman–Crippen LogP) is 1.96. The number of nitrogens with zero attached hydrogens (tertiary/aromatic N) is 1. The van der Waals surface area contributed by atoms with Gasteiger partial charge in [-0.25, -0.2) is 4.79 Å². The van der Waals surface area contributed by atoms with Crippen LogP contribution in [-0.2, 0) is 4.74 Å². The maximum absolute atomic E-state index is 11.5. The molecular weight excluding hydrogens is 194 g/mol. The average Bonchev–Trinajstić information content (AvgIpc) is 2.43. The Morgan fingerprint density at radius 1 is 1.53 bits per heavy atom. The molecule has 1 heterocycles. The summed E-state index contributed by atoms with van der Waals surface area (Å²) in [5, 5.41) is 9.31. The van der Waals surface area contributed by atoms with Crippen LogP contribution in [0.1, 0.15) is 26.3 Å². The van der Waals surface area contributed by atoms with Gasteiger partial charge >= 0.3 is 6.09 Å². The molecule has 4 nitrogen and oxygen atoms in total. The molecule has 1 aromatic heterocycles. The third-order valence-electron chi connectivity index (χ3n) is 1.57. The molecule has 0 unspecified atom stereocenters. The van der Waals surface area contributed by atoms with Crippen molar-refractivity contribution in [1.82, 2.24) is 4.57 Å². The van der Waals surface area contributed by atoms with Crippen molar-refractivity contribution in [3.05, 3.63) is 18.0 Å². The van der Waals surface area contributed by atoms with E-state index in [1.54, 1.807) is 20.8 Å². The molecular formula is C11H13NO3. The summed E-state index contributed by atoms with van der Waals surface area (Å²) >= 11 is 0. The van der Waals surface area contributed by atoms with E-state index in [2.05, 4.69) is 5.92 Å². The highest BCUT2D eigenvalue weighted by atomic mass is 16.6. The first-order valence-corrected chi connectivity index (χ1v) is 4.44.